The molecular formula is C16H20BrN5O. The monoisotopic (exact) mass is 377 g/mol. The molecule has 3 heterocycles. The van der Waals surface area contributed by atoms with E-state index in [4.69, 9.17) is 0 Å². The van der Waals surface area contributed by atoms with Gasteiger partial charge in [0.05, 0.1) is 11.8 Å². The molecule has 1 amide bonds. The van der Waals surface area contributed by atoms with E-state index in [1.54, 1.807) is 17.1 Å². The first-order valence-electron chi connectivity index (χ1n) is 7.67. The van der Waals surface area contributed by atoms with Crippen molar-refractivity contribution >= 4 is 27.7 Å². The van der Waals surface area contributed by atoms with Crippen molar-refractivity contribution in [2.75, 3.05) is 25.0 Å². The van der Waals surface area contributed by atoms with Crippen LogP contribution in [0.1, 0.15) is 23.2 Å². The predicted octanol–water partition coefficient (Wildman–Crippen LogP) is 2.32. The molecule has 0 aromatic carbocycles. The predicted molar refractivity (Wildman–Crippen MR) is 92.5 cm³/mol. The van der Waals surface area contributed by atoms with Crippen LogP contribution in [0.25, 0.3) is 0 Å². The van der Waals surface area contributed by atoms with Crippen molar-refractivity contribution in [1.29, 1.82) is 0 Å². The molecule has 3 rings (SSSR count). The Morgan fingerprint density at radius 3 is 2.61 bits per heavy atom. The van der Waals surface area contributed by atoms with Gasteiger partial charge in [0.1, 0.15) is 5.82 Å². The Morgan fingerprint density at radius 2 is 2.04 bits per heavy atom. The molecule has 1 fully saturated rings. The smallest absolute Gasteiger partial charge is 0.257 e. The fourth-order valence-electron chi connectivity index (χ4n) is 2.94. The lowest BCUT2D eigenvalue weighted by Crippen LogP contribution is -2.45. The first-order valence-corrected chi connectivity index (χ1v) is 8.46. The molecule has 0 atom stereocenters. The summed E-state index contributed by atoms with van der Waals surface area (Å²) in [5.74, 6) is 1.03. The zero-order valence-electron chi connectivity index (χ0n) is 13.3. The molecule has 0 N–H and O–H groups in total. The number of rotatable bonds is 3. The molecule has 1 saturated heterocycles. The van der Waals surface area contributed by atoms with Gasteiger partial charge in [-0.1, -0.05) is 0 Å². The summed E-state index contributed by atoms with van der Waals surface area (Å²) in [7, 11) is 3.70. The van der Waals surface area contributed by atoms with Gasteiger partial charge in [-0.25, -0.2) is 4.98 Å². The molecular weight excluding hydrogens is 358 g/mol. The van der Waals surface area contributed by atoms with Crippen molar-refractivity contribution in [1.82, 2.24) is 19.7 Å². The number of aryl methyl sites for hydroxylation is 1. The maximum absolute atomic E-state index is 12.5. The molecule has 1 aliphatic heterocycles. The SMILES string of the molecule is CN(C(=O)c1cnn(C)c1)C1CCN(c2ccc(Br)cn2)CC1. The Hall–Kier alpha value is -1.89. The molecule has 2 aromatic heterocycles. The second kappa shape index (κ2) is 6.70. The number of hydrogen-bond donors (Lipinski definition) is 0. The van der Waals surface area contributed by atoms with E-state index in [-0.39, 0.29) is 11.9 Å². The number of anilines is 1. The molecule has 2 aromatic rings. The van der Waals surface area contributed by atoms with E-state index >= 15 is 0 Å². The zero-order valence-corrected chi connectivity index (χ0v) is 14.9. The summed E-state index contributed by atoms with van der Waals surface area (Å²) in [5.41, 5.74) is 0.645. The second-order valence-corrected chi connectivity index (χ2v) is 6.79. The van der Waals surface area contributed by atoms with Gasteiger partial charge in [0, 0.05) is 50.1 Å². The first kappa shape index (κ1) is 16.0. The number of halogens is 1. The van der Waals surface area contributed by atoms with E-state index in [0.717, 1.165) is 36.2 Å². The number of amides is 1. The normalized spacial score (nSPS) is 15.7. The Kier molecular flexibility index (Phi) is 4.66. The van der Waals surface area contributed by atoms with Gasteiger partial charge in [-0.2, -0.15) is 5.10 Å². The van der Waals surface area contributed by atoms with Gasteiger partial charge in [-0.05, 0) is 40.9 Å². The highest BCUT2D eigenvalue weighted by Gasteiger charge is 2.27. The van der Waals surface area contributed by atoms with E-state index in [1.165, 1.54) is 0 Å². The quantitative estimate of drug-likeness (QED) is 0.823. The molecule has 0 saturated carbocycles. The van der Waals surface area contributed by atoms with Gasteiger partial charge in [-0.15, -0.1) is 0 Å². The number of hydrogen-bond acceptors (Lipinski definition) is 4. The van der Waals surface area contributed by atoms with Crippen molar-refractivity contribution in [3.8, 4) is 0 Å². The van der Waals surface area contributed by atoms with E-state index in [9.17, 15) is 4.79 Å². The Bertz CT molecular complexity index is 676. The fourth-order valence-corrected chi connectivity index (χ4v) is 3.17. The molecule has 7 heteroatoms. The summed E-state index contributed by atoms with van der Waals surface area (Å²) >= 11 is 3.41. The van der Waals surface area contributed by atoms with Gasteiger partial charge in [0.15, 0.2) is 0 Å². The molecule has 0 bridgehead atoms. The first-order chi connectivity index (χ1) is 11.0. The largest absolute Gasteiger partial charge is 0.356 e. The van der Waals surface area contributed by atoms with Gasteiger partial charge in [0.2, 0.25) is 0 Å². The fraction of sp³-hybridized carbons (Fsp3) is 0.438. The van der Waals surface area contributed by atoms with Crippen LogP contribution in [-0.4, -0.2) is 51.8 Å². The van der Waals surface area contributed by atoms with Crippen LogP contribution >= 0.6 is 15.9 Å². The van der Waals surface area contributed by atoms with Gasteiger partial charge in [-0.3, -0.25) is 9.48 Å². The maximum Gasteiger partial charge on any atom is 0.257 e. The second-order valence-electron chi connectivity index (χ2n) is 5.87. The number of aromatic nitrogens is 3. The van der Waals surface area contributed by atoms with Crippen LogP contribution in [-0.2, 0) is 7.05 Å². The Balaban J connectivity index is 1.60. The third kappa shape index (κ3) is 3.55. The van der Waals surface area contributed by atoms with Crippen molar-refractivity contribution < 1.29 is 4.79 Å². The third-order valence-corrected chi connectivity index (χ3v) is 4.79. The zero-order chi connectivity index (χ0) is 16.4. The standard InChI is InChI=1S/C16H20BrN5O/c1-20-11-12(9-19-20)16(23)21(2)14-5-7-22(8-6-14)15-4-3-13(17)10-18-15/h3-4,9-11,14H,5-8H2,1-2H3. The molecule has 0 spiro atoms. The highest BCUT2D eigenvalue weighted by Crippen LogP contribution is 2.22. The number of nitrogens with zero attached hydrogens (tertiary/aromatic N) is 5. The lowest BCUT2D eigenvalue weighted by molar-refractivity contribution is 0.0709. The highest BCUT2D eigenvalue weighted by atomic mass is 79.9. The molecule has 122 valence electrons. The average molecular weight is 378 g/mol. The van der Waals surface area contributed by atoms with Crippen molar-refractivity contribution in [3.63, 3.8) is 0 Å². The van der Waals surface area contributed by atoms with Crippen LogP contribution in [0.15, 0.2) is 35.2 Å². The number of piperidine rings is 1. The molecule has 1 aliphatic rings. The van der Waals surface area contributed by atoms with E-state index < -0.39 is 0 Å². The third-order valence-electron chi connectivity index (χ3n) is 4.32. The van der Waals surface area contributed by atoms with E-state index in [1.807, 2.05) is 37.3 Å². The van der Waals surface area contributed by atoms with Gasteiger partial charge >= 0.3 is 0 Å². The molecule has 0 radical (unpaired) electrons. The minimum atomic E-state index is 0.0401. The van der Waals surface area contributed by atoms with E-state index in [2.05, 4.69) is 30.9 Å². The summed E-state index contributed by atoms with van der Waals surface area (Å²) in [6.07, 6.45) is 7.10. The van der Waals surface area contributed by atoms with Crippen LogP contribution < -0.4 is 4.90 Å². The molecule has 6 nitrogen and oxygen atoms in total. The average Bonchev–Trinajstić information content (AvgIpc) is 3.01. The molecule has 0 unspecified atom stereocenters. The molecule has 0 aliphatic carbocycles. The van der Waals surface area contributed by atoms with Crippen LogP contribution in [0.3, 0.4) is 0 Å². The Labute approximate surface area is 144 Å². The van der Waals surface area contributed by atoms with Crippen molar-refractivity contribution in [2.45, 2.75) is 18.9 Å². The summed E-state index contributed by atoms with van der Waals surface area (Å²) < 4.78 is 2.64. The lowest BCUT2D eigenvalue weighted by atomic mass is 10.0. The molecule has 23 heavy (non-hydrogen) atoms. The number of carbonyl (C=O) groups excluding carboxylic acids is 1. The highest BCUT2D eigenvalue weighted by molar-refractivity contribution is 9.10. The topological polar surface area (TPSA) is 54.3 Å². The minimum absolute atomic E-state index is 0.0401. The van der Waals surface area contributed by atoms with Crippen LogP contribution in [0.4, 0.5) is 5.82 Å². The maximum atomic E-state index is 12.5. The van der Waals surface area contributed by atoms with Gasteiger partial charge < -0.3 is 9.80 Å². The van der Waals surface area contributed by atoms with Crippen molar-refractivity contribution in [2.24, 2.45) is 7.05 Å². The summed E-state index contributed by atoms with van der Waals surface area (Å²) in [6, 6.07) is 4.29. The van der Waals surface area contributed by atoms with Gasteiger partial charge in [0.25, 0.3) is 5.91 Å². The number of pyridine rings is 1. The van der Waals surface area contributed by atoms with Crippen LogP contribution in [0.5, 0.6) is 0 Å². The van der Waals surface area contributed by atoms with Crippen LogP contribution in [0.2, 0.25) is 0 Å². The summed E-state index contributed by atoms with van der Waals surface area (Å²) in [5, 5.41) is 4.07. The number of carbonyl (C=O) groups is 1. The van der Waals surface area contributed by atoms with Crippen molar-refractivity contribution in [3.05, 3.63) is 40.8 Å². The summed E-state index contributed by atoms with van der Waals surface area (Å²) in [6.45, 7) is 1.81. The van der Waals surface area contributed by atoms with Crippen LogP contribution in [0, 0.1) is 0 Å². The lowest BCUT2D eigenvalue weighted by Gasteiger charge is -2.37. The van der Waals surface area contributed by atoms with E-state index in [0.29, 0.717) is 5.56 Å². The minimum Gasteiger partial charge on any atom is -0.356 e. The summed E-state index contributed by atoms with van der Waals surface area (Å²) in [4.78, 5) is 21.1. The Morgan fingerprint density at radius 1 is 1.30 bits per heavy atom.